The van der Waals surface area contributed by atoms with Crippen molar-refractivity contribution >= 4 is 22.9 Å². The molecule has 0 spiro atoms. The molecule has 1 N–H and O–H groups in total. The smallest absolute Gasteiger partial charge is 0.256 e. The molecule has 0 saturated heterocycles. The number of thiophene rings is 1. The van der Waals surface area contributed by atoms with Crippen molar-refractivity contribution < 1.29 is 9.53 Å². The topological polar surface area (TPSA) is 38.3 Å². The Kier molecular flexibility index (Phi) is 5.46. The Morgan fingerprint density at radius 2 is 1.72 bits per heavy atom. The van der Waals surface area contributed by atoms with Crippen LogP contribution in [0.1, 0.15) is 48.0 Å². The first-order valence-corrected chi connectivity index (χ1v) is 11.0. The first-order valence-electron chi connectivity index (χ1n) is 10.1. The van der Waals surface area contributed by atoms with Gasteiger partial charge in [-0.2, -0.15) is 0 Å². The molecule has 1 atom stereocenters. The van der Waals surface area contributed by atoms with E-state index in [0.29, 0.717) is 11.3 Å². The molecule has 0 aliphatic heterocycles. The lowest BCUT2D eigenvalue weighted by Crippen LogP contribution is -2.27. The van der Waals surface area contributed by atoms with E-state index in [1.54, 1.807) is 11.3 Å². The third-order valence-electron chi connectivity index (χ3n) is 5.72. The predicted octanol–water partition coefficient (Wildman–Crippen LogP) is 6.94. The average Bonchev–Trinajstić information content (AvgIpc) is 3.13. The molecule has 1 amide bonds. The zero-order valence-electron chi connectivity index (χ0n) is 17.2. The minimum Gasteiger partial charge on any atom is -0.457 e. The summed E-state index contributed by atoms with van der Waals surface area (Å²) >= 11 is 1.73. The quantitative estimate of drug-likeness (QED) is 0.510. The van der Waals surface area contributed by atoms with Gasteiger partial charge in [0, 0.05) is 15.9 Å². The molecule has 4 heteroatoms. The van der Waals surface area contributed by atoms with Crippen molar-refractivity contribution in [3.05, 3.63) is 76.0 Å². The van der Waals surface area contributed by atoms with Gasteiger partial charge in [0.05, 0.1) is 5.56 Å². The number of hydrogen-bond donors (Lipinski definition) is 1. The Hall–Kier alpha value is -2.59. The Balaban J connectivity index is 1.42. The van der Waals surface area contributed by atoms with E-state index in [9.17, 15) is 4.79 Å². The van der Waals surface area contributed by atoms with E-state index in [2.05, 4.69) is 26.1 Å². The van der Waals surface area contributed by atoms with Crippen LogP contribution in [0.15, 0.2) is 60.0 Å². The second-order valence-electron chi connectivity index (χ2n) is 8.75. The van der Waals surface area contributed by atoms with E-state index in [4.69, 9.17) is 4.74 Å². The van der Waals surface area contributed by atoms with Crippen LogP contribution in [0.4, 0.5) is 5.69 Å². The van der Waals surface area contributed by atoms with Gasteiger partial charge in [-0.3, -0.25) is 4.79 Å². The number of ether oxygens (including phenoxy) is 1. The van der Waals surface area contributed by atoms with Crippen LogP contribution in [0.5, 0.6) is 11.5 Å². The number of benzene rings is 2. The molecule has 0 saturated carbocycles. The largest absolute Gasteiger partial charge is 0.457 e. The first kappa shape index (κ1) is 19.7. The van der Waals surface area contributed by atoms with Crippen LogP contribution in [0.25, 0.3) is 0 Å². The summed E-state index contributed by atoms with van der Waals surface area (Å²) in [6, 6.07) is 17.2. The second kappa shape index (κ2) is 8.03. The third-order valence-corrected chi connectivity index (χ3v) is 6.77. The SMILES string of the molecule is CC(C)(C)C1CCc2c(C(=O)Nc3ccc(Oc4ccccc4)cc3)csc2C1. The van der Waals surface area contributed by atoms with E-state index in [1.165, 1.54) is 10.4 Å². The van der Waals surface area contributed by atoms with Crippen molar-refractivity contribution in [1.82, 2.24) is 0 Å². The minimum absolute atomic E-state index is 0.0200. The number of amides is 1. The van der Waals surface area contributed by atoms with Gasteiger partial charge in [-0.1, -0.05) is 39.0 Å². The zero-order chi connectivity index (χ0) is 20.4. The number of carbonyl (C=O) groups is 1. The number of rotatable bonds is 4. The van der Waals surface area contributed by atoms with E-state index >= 15 is 0 Å². The van der Waals surface area contributed by atoms with Crippen molar-refractivity contribution in [2.24, 2.45) is 11.3 Å². The number of fused-ring (bicyclic) bond motifs is 1. The molecule has 1 aliphatic carbocycles. The summed E-state index contributed by atoms with van der Waals surface area (Å²) in [5, 5.41) is 5.06. The van der Waals surface area contributed by atoms with Crippen LogP contribution in [0.2, 0.25) is 0 Å². The molecule has 1 unspecified atom stereocenters. The van der Waals surface area contributed by atoms with Gasteiger partial charge in [0.25, 0.3) is 5.91 Å². The normalized spacial score (nSPS) is 16.2. The highest BCUT2D eigenvalue weighted by Crippen LogP contribution is 2.40. The molecule has 2 aromatic carbocycles. The predicted molar refractivity (Wildman–Crippen MR) is 120 cm³/mol. The highest BCUT2D eigenvalue weighted by Gasteiger charge is 2.31. The van der Waals surface area contributed by atoms with Crippen molar-refractivity contribution in [3.8, 4) is 11.5 Å². The molecule has 29 heavy (non-hydrogen) atoms. The van der Waals surface area contributed by atoms with E-state index in [-0.39, 0.29) is 5.91 Å². The molecule has 4 rings (SSSR count). The molecule has 0 fully saturated rings. The van der Waals surface area contributed by atoms with Gasteiger partial charge in [-0.05, 0) is 72.6 Å². The molecule has 1 aromatic heterocycles. The Bertz CT molecular complexity index is 984. The number of hydrogen-bond acceptors (Lipinski definition) is 3. The van der Waals surface area contributed by atoms with Crippen LogP contribution >= 0.6 is 11.3 Å². The highest BCUT2D eigenvalue weighted by molar-refractivity contribution is 7.10. The lowest BCUT2D eigenvalue weighted by atomic mass is 9.72. The average molecular weight is 406 g/mol. The fraction of sp³-hybridized carbons (Fsp3) is 0.320. The molecule has 150 valence electrons. The van der Waals surface area contributed by atoms with Gasteiger partial charge >= 0.3 is 0 Å². The number of carbonyl (C=O) groups excluding carboxylic acids is 1. The molecule has 3 aromatic rings. The maximum atomic E-state index is 12.9. The van der Waals surface area contributed by atoms with Crippen LogP contribution in [0, 0.1) is 11.3 Å². The number of para-hydroxylation sites is 1. The minimum atomic E-state index is -0.0200. The van der Waals surface area contributed by atoms with Crippen molar-refractivity contribution in [2.45, 2.75) is 40.0 Å². The summed E-state index contributed by atoms with van der Waals surface area (Å²) in [4.78, 5) is 14.2. The lowest BCUT2D eigenvalue weighted by molar-refractivity contribution is 0.102. The standard InChI is InChI=1S/C25H27NO2S/c1-25(2,3)17-9-14-21-22(16-29-23(21)15-17)24(27)26-18-10-12-20(13-11-18)28-19-7-5-4-6-8-19/h4-8,10-13,16-17H,9,14-15H2,1-3H3,(H,26,27). The fourth-order valence-electron chi connectivity index (χ4n) is 3.87. The van der Waals surface area contributed by atoms with Gasteiger partial charge in [-0.15, -0.1) is 11.3 Å². The molecule has 1 aliphatic rings. The lowest BCUT2D eigenvalue weighted by Gasteiger charge is -2.34. The summed E-state index contributed by atoms with van der Waals surface area (Å²) in [5.74, 6) is 2.20. The number of nitrogens with one attached hydrogen (secondary N) is 1. The van der Waals surface area contributed by atoms with E-state index in [1.807, 2.05) is 60.0 Å². The summed E-state index contributed by atoms with van der Waals surface area (Å²) in [7, 11) is 0. The second-order valence-corrected chi connectivity index (χ2v) is 9.71. The van der Waals surface area contributed by atoms with Crippen LogP contribution in [-0.4, -0.2) is 5.91 Å². The third kappa shape index (κ3) is 4.54. The van der Waals surface area contributed by atoms with Gasteiger partial charge in [0.1, 0.15) is 11.5 Å². The van der Waals surface area contributed by atoms with Gasteiger partial charge in [0.2, 0.25) is 0 Å². The molecule has 3 nitrogen and oxygen atoms in total. The van der Waals surface area contributed by atoms with Crippen LogP contribution in [0.3, 0.4) is 0 Å². The maximum absolute atomic E-state index is 12.9. The summed E-state index contributed by atoms with van der Waals surface area (Å²) in [5.41, 5.74) is 3.17. The zero-order valence-corrected chi connectivity index (χ0v) is 18.0. The summed E-state index contributed by atoms with van der Waals surface area (Å²) in [6.07, 6.45) is 3.23. The van der Waals surface area contributed by atoms with Crippen LogP contribution in [-0.2, 0) is 12.8 Å². The summed E-state index contributed by atoms with van der Waals surface area (Å²) < 4.78 is 5.81. The molecular formula is C25H27NO2S. The van der Waals surface area contributed by atoms with Crippen molar-refractivity contribution in [1.29, 1.82) is 0 Å². The van der Waals surface area contributed by atoms with Crippen LogP contribution < -0.4 is 10.1 Å². The highest BCUT2D eigenvalue weighted by atomic mass is 32.1. The van der Waals surface area contributed by atoms with Crippen molar-refractivity contribution in [2.75, 3.05) is 5.32 Å². The molecule has 0 bridgehead atoms. The Morgan fingerprint density at radius 3 is 2.41 bits per heavy atom. The number of anilines is 1. The van der Waals surface area contributed by atoms with Gasteiger partial charge in [-0.25, -0.2) is 0 Å². The first-order chi connectivity index (χ1) is 13.9. The summed E-state index contributed by atoms with van der Waals surface area (Å²) in [6.45, 7) is 6.94. The fourth-order valence-corrected chi connectivity index (χ4v) is 5.03. The van der Waals surface area contributed by atoms with Crippen molar-refractivity contribution in [3.63, 3.8) is 0 Å². The maximum Gasteiger partial charge on any atom is 0.256 e. The van der Waals surface area contributed by atoms with E-state index < -0.39 is 0 Å². The van der Waals surface area contributed by atoms with Gasteiger partial charge in [0.15, 0.2) is 0 Å². The van der Waals surface area contributed by atoms with E-state index in [0.717, 1.165) is 42.0 Å². The van der Waals surface area contributed by atoms with Gasteiger partial charge < -0.3 is 10.1 Å². The molecule has 1 heterocycles. The molecular weight excluding hydrogens is 378 g/mol. The Morgan fingerprint density at radius 1 is 1.03 bits per heavy atom. The Labute approximate surface area is 176 Å². The monoisotopic (exact) mass is 405 g/mol. The molecule has 0 radical (unpaired) electrons.